The van der Waals surface area contributed by atoms with Crippen LogP contribution < -0.4 is 0 Å². The molecular weight excluding hydrogens is 171 g/mol. The summed E-state index contributed by atoms with van der Waals surface area (Å²) in [7, 11) is 0. The highest BCUT2D eigenvalue weighted by Gasteiger charge is 2.66. The van der Waals surface area contributed by atoms with Gasteiger partial charge < -0.3 is 5.11 Å². The zero-order valence-corrected chi connectivity index (χ0v) is 7.07. The fourth-order valence-electron chi connectivity index (χ4n) is 2.04. The molecule has 1 N–H and O–H groups in total. The molecule has 0 aliphatic heterocycles. The number of rotatable bonds is 0. The lowest BCUT2D eigenvalue weighted by Crippen LogP contribution is -2.15. The third kappa shape index (κ3) is 0.806. The number of fused-ring (bicyclic) bond motifs is 1. The summed E-state index contributed by atoms with van der Waals surface area (Å²) in [6.45, 7) is 0. The predicted molar refractivity (Wildman–Crippen MR) is 41.3 cm³/mol. The number of hydrogen-bond acceptors (Lipinski definition) is 1. The first-order chi connectivity index (χ1) is 4.64. The molecular formula is C7H10Cl2O. The number of alkyl halides is 2. The van der Waals surface area contributed by atoms with E-state index in [4.69, 9.17) is 23.2 Å². The Kier molecular flexibility index (Phi) is 1.46. The minimum atomic E-state index is -0.587. The van der Waals surface area contributed by atoms with Crippen molar-refractivity contribution in [1.29, 1.82) is 0 Å². The van der Waals surface area contributed by atoms with Crippen LogP contribution >= 0.6 is 23.2 Å². The van der Waals surface area contributed by atoms with E-state index in [1.807, 2.05) is 0 Å². The van der Waals surface area contributed by atoms with E-state index in [1.165, 1.54) is 0 Å². The van der Waals surface area contributed by atoms with Gasteiger partial charge in [-0.05, 0) is 12.8 Å². The lowest BCUT2D eigenvalue weighted by molar-refractivity contribution is 0.115. The van der Waals surface area contributed by atoms with Crippen molar-refractivity contribution >= 4 is 23.2 Å². The van der Waals surface area contributed by atoms with Crippen molar-refractivity contribution in [2.75, 3.05) is 0 Å². The summed E-state index contributed by atoms with van der Waals surface area (Å²) in [6, 6.07) is 0. The number of hydrogen-bond donors (Lipinski definition) is 1. The zero-order chi connectivity index (χ0) is 7.35. The molecule has 0 spiro atoms. The van der Waals surface area contributed by atoms with Crippen LogP contribution in [0.2, 0.25) is 0 Å². The standard InChI is InChI=1S/C7H10Cl2O/c8-7(9)4-2-1-3-5(10)6(4)7/h4-6,10H,1-3H2/t4-,5+,6-/m1/s1. The van der Waals surface area contributed by atoms with Gasteiger partial charge in [-0.2, -0.15) is 0 Å². The maximum atomic E-state index is 9.39. The second kappa shape index (κ2) is 2.02. The molecule has 3 atom stereocenters. The molecule has 2 rings (SSSR count). The van der Waals surface area contributed by atoms with Crippen LogP contribution in [0.1, 0.15) is 19.3 Å². The monoisotopic (exact) mass is 180 g/mol. The Hall–Kier alpha value is 0.540. The number of aliphatic hydroxyl groups is 1. The highest BCUT2D eigenvalue weighted by atomic mass is 35.5. The minimum absolute atomic E-state index is 0.171. The lowest BCUT2D eigenvalue weighted by atomic mass is 9.98. The summed E-state index contributed by atoms with van der Waals surface area (Å²) in [5.74, 6) is 0.546. The summed E-state index contributed by atoms with van der Waals surface area (Å²) in [6.07, 6.45) is 2.80. The first-order valence-electron chi connectivity index (χ1n) is 3.70. The molecule has 2 saturated carbocycles. The Morgan fingerprint density at radius 2 is 2.00 bits per heavy atom. The van der Waals surface area contributed by atoms with Gasteiger partial charge in [-0.25, -0.2) is 0 Å². The van der Waals surface area contributed by atoms with E-state index in [2.05, 4.69) is 0 Å². The SMILES string of the molecule is O[C@H]1CCC[C@@H]2[C@H]1C2(Cl)Cl. The van der Waals surface area contributed by atoms with Crippen LogP contribution in [-0.4, -0.2) is 15.5 Å². The van der Waals surface area contributed by atoms with Gasteiger partial charge in [0.15, 0.2) is 0 Å². The molecule has 0 amide bonds. The summed E-state index contributed by atoms with van der Waals surface area (Å²) in [5, 5.41) is 9.39. The Labute approximate surface area is 70.3 Å². The molecule has 1 nitrogen and oxygen atoms in total. The summed E-state index contributed by atoms with van der Waals surface area (Å²) in [5.41, 5.74) is 0. The van der Waals surface area contributed by atoms with Gasteiger partial charge in [0.2, 0.25) is 0 Å². The van der Waals surface area contributed by atoms with Crippen molar-refractivity contribution in [1.82, 2.24) is 0 Å². The lowest BCUT2D eigenvalue weighted by Gasteiger charge is -2.13. The molecule has 0 bridgehead atoms. The van der Waals surface area contributed by atoms with Gasteiger partial charge in [-0.15, -0.1) is 23.2 Å². The van der Waals surface area contributed by atoms with Crippen molar-refractivity contribution in [3.63, 3.8) is 0 Å². The largest absolute Gasteiger partial charge is 0.393 e. The average molecular weight is 181 g/mol. The van der Waals surface area contributed by atoms with Gasteiger partial charge in [0, 0.05) is 11.8 Å². The van der Waals surface area contributed by atoms with Crippen molar-refractivity contribution in [2.24, 2.45) is 11.8 Å². The average Bonchev–Trinajstić information content (AvgIpc) is 2.38. The number of aliphatic hydroxyl groups excluding tert-OH is 1. The Balaban J connectivity index is 2.11. The van der Waals surface area contributed by atoms with Crippen molar-refractivity contribution < 1.29 is 5.11 Å². The van der Waals surface area contributed by atoms with E-state index in [9.17, 15) is 5.11 Å². The normalized spacial score (nSPS) is 50.1. The van der Waals surface area contributed by atoms with Crippen LogP contribution in [0, 0.1) is 11.8 Å². The van der Waals surface area contributed by atoms with Crippen LogP contribution in [-0.2, 0) is 0 Å². The van der Waals surface area contributed by atoms with E-state index in [-0.39, 0.29) is 12.0 Å². The third-order valence-corrected chi connectivity index (χ3v) is 3.76. The van der Waals surface area contributed by atoms with E-state index in [0.29, 0.717) is 5.92 Å². The van der Waals surface area contributed by atoms with Gasteiger partial charge in [-0.3, -0.25) is 0 Å². The first-order valence-corrected chi connectivity index (χ1v) is 4.45. The van der Waals surface area contributed by atoms with Gasteiger partial charge in [0.05, 0.1) is 6.10 Å². The van der Waals surface area contributed by atoms with Crippen molar-refractivity contribution in [2.45, 2.75) is 29.7 Å². The molecule has 0 aromatic carbocycles. The maximum Gasteiger partial charge on any atom is 0.127 e. The van der Waals surface area contributed by atoms with Crippen molar-refractivity contribution in [3.05, 3.63) is 0 Å². The molecule has 10 heavy (non-hydrogen) atoms. The van der Waals surface area contributed by atoms with E-state index in [0.717, 1.165) is 19.3 Å². The van der Waals surface area contributed by atoms with Gasteiger partial charge in [0.1, 0.15) is 4.33 Å². The minimum Gasteiger partial charge on any atom is -0.393 e. The van der Waals surface area contributed by atoms with E-state index >= 15 is 0 Å². The summed E-state index contributed by atoms with van der Waals surface area (Å²) < 4.78 is -0.587. The highest BCUT2D eigenvalue weighted by Crippen LogP contribution is 2.65. The molecule has 0 unspecified atom stereocenters. The predicted octanol–water partition coefficient (Wildman–Crippen LogP) is 1.95. The smallest absolute Gasteiger partial charge is 0.127 e. The van der Waals surface area contributed by atoms with Crippen LogP contribution in [0.3, 0.4) is 0 Å². The second-order valence-electron chi connectivity index (χ2n) is 3.31. The number of halogens is 2. The zero-order valence-electron chi connectivity index (χ0n) is 5.56. The third-order valence-electron chi connectivity index (χ3n) is 2.69. The first kappa shape index (κ1) is 7.20. The topological polar surface area (TPSA) is 20.2 Å². The Morgan fingerprint density at radius 1 is 1.30 bits per heavy atom. The summed E-state index contributed by atoms with van der Waals surface area (Å²) in [4.78, 5) is 0. The van der Waals surface area contributed by atoms with Gasteiger partial charge in [-0.1, -0.05) is 6.42 Å². The van der Waals surface area contributed by atoms with Crippen molar-refractivity contribution in [3.8, 4) is 0 Å². The fourth-order valence-corrected chi connectivity index (χ4v) is 3.00. The van der Waals surface area contributed by atoms with Gasteiger partial charge in [0.25, 0.3) is 0 Å². The molecule has 0 saturated heterocycles. The van der Waals surface area contributed by atoms with Gasteiger partial charge >= 0.3 is 0 Å². The van der Waals surface area contributed by atoms with E-state index < -0.39 is 4.33 Å². The maximum absolute atomic E-state index is 9.39. The van der Waals surface area contributed by atoms with Crippen LogP contribution in [0.25, 0.3) is 0 Å². The fraction of sp³-hybridized carbons (Fsp3) is 1.00. The van der Waals surface area contributed by atoms with E-state index in [1.54, 1.807) is 0 Å². The Bertz CT molecular complexity index is 158. The molecule has 0 heterocycles. The molecule has 0 radical (unpaired) electrons. The second-order valence-corrected chi connectivity index (χ2v) is 4.75. The molecule has 2 aliphatic carbocycles. The molecule has 2 fully saturated rings. The molecule has 3 heteroatoms. The molecule has 58 valence electrons. The summed E-state index contributed by atoms with van der Waals surface area (Å²) >= 11 is 11.8. The quantitative estimate of drug-likeness (QED) is 0.566. The van der Waals surface area contributed by atoms with Crippen LogP contribution in [0.5, 0.6) is 0 Å². The molecule has 0 aromatic heterocycles. The molecule has 2 aliphatic rings. The Morgan fingerprint density at radius 3 is 2.50 bits per heavy atom. The highest BCUT2D eigenvalue weighted by molar-refractivity contribution is 6.51. The molecule has 0 aromatic rings. The van der Waals surface area contributed by atoms with Crippen LogP contribution in [0.15, 0.2) is 0 Å². The van der Waals surface area contributed by atoms with Crippen LogP contribution in [0.4, 0.5) is 0 Å².